The second kappa shape index (κ2) is 5.61. The van der Waals surface area contributed by atoms with Crippen LogP contribution in [0.5, 0.6) is 5.88 Å². The van der Waals surface area contributed by atoms with Crippen LogP contribution < -0.4 is 15.8 Å². The van der Waals surface area contributed by atoms with Crippen LogP contribution in [0, 0.1) is 5.41 Å². The highest BCUT2D eigenvalue weighted by Gasteiger charge is 2.62. The molecule has 3 N–H and O–H groups in total. The van der Waals surface area contributed by atoms with E-state index in [0.29, 0.717) is 24.6 Å². The number of carbonyl (C=O) groups is 1. The highest BCUT2D eigenvalue weighted by atomic mass is 16.5. The zero-order valence-electron chi connectivity index (χ0n) is 13.0. The van der Waals surface area contributed by atoms with Gasteiger partial charge in [0.15, 0.2) is 0 Å². The van der Waals surface area contributed by atoms with Gasteiger partial charge in [-0.25, -0.2) is 4.98 Å². The number of pyridine rings is 1. The molecule has 1 aromatic heterocycles. The van der Waals surface area contributed by atoms with E-state index in [2.05, 4.69) is 10.3 Å². The summed E-state index contributed by atoms with van der Waals surface area (Å²) in [6.45, 7) is 6.46. The van der Waals surface area contributed by atoms with Crippen molar-refractivity contribution in [2.24, 2.45) is 11.1 Å². The van der Waals surface area contributed by atoms with Crippen LogP contribution in [0.15, 0.2) is 18.3 Å². The van der Waals surface area contributed by atoms with Crippen molar-refractivity contribution in [3.05, 3.63) is 18.3 Å². The van der Waals surface area contributed by atoms with E-state index in [1.807, 2.05) is 20.8 Å². The van der Waals surface area contributed by atoms with Crippen molar-refractivity contribution < 1.29 is 14.3 Å². The molecule has 1 saturated carbocycles. The molecular weight excluding hydrogens is 270 g/mol. The maximum atomic E-state index is 12.6. The van der Waals surface area contributed by atoms with Gasteiger partial charge in [-0.1, -0.05) is 13.8 Å². The minimum Gasteiger partial charge on any atom is -0.480 e. The largest absolute Gasteiger partial charge is 0.480 e. The molecule has 1 fully saturated rings. The summed E-state index contributed by atoms with van der Waals surface area (Å²) in [5, 5.41) is 2.82. The second-order valence-electron chi connectivity index (χ2n) is 5.86. The van der Waals surface area contributed by atoms with Crippen molar-refractivity contribution in [2.75, 3.05) is 19.0 Å². The third-order valence-electron chi connectivity index (χ3n) is 4.45. The molecule has 116 valence electrons. The van der Waals surface area contributed by atoms with Crippen molar-refractivity contribution in [2.45, 2.75) is 38.8 Å². The lowest BCUT2D eigenvalue weighted by molar-refractivity contribution is -0.166. The van der Waals surface area contributed by atoms with Crippen LogP contribution in [0.3, 0.4) is 0 Å². The molecule has 1 aromatic rings. The lowest BCUT2D eigenvalue weighted by Gasteiger charge is -2.57. The SMILES string of the molecule is CCOC1CC(N)(C(=O)Nc2cccnc2OC)C1(C)C. The van der Waals surface area contributed by atoms with E-state index in [1.165, 1.54) is 7.11 Å². The zero-order chi connectivity index (χ0) is 15.7. The highest BCUT2D eigenvalue weighted by molar-refractivity contribution is 6.00. The molecule has 2 rings (SSSR count). The number of nitrogens with one attached hydrogen (secondary N) is 1. The molecule has 1 amide bonds. The average Bonchev–Trinajstić information content (AvgIpc) is 2.47. The predicted molar refractivity (Wildman–Crippen MR) is 80.1 cm³/mol. The van der Waals surface area contributed by atoms with Gasteiger partial charge < -0.3 is 20.5 Å². The standard InChI is InChI=1S/C15H23N3O3/c1-5-21-11-9-15(16,14(11,2)3)13(19)18-10-7-6-8-17-12(10)20-4/h6-8,11H,5,9,16H2,1-4H3,(H,18,19). The lowest BCUT2D eigenvalue weighted by atomic mass is 9.54. The quantitative estimate of drug-likeness (QED) is 0.860. The number of hydrogen-bond donors (Lipinski definition) is 2. The van der Waals surface area contributed by atoms with Gasteiger partial charge in [-0.15, -0.1) is 0 Å². The molecule has 6 heteroatoms. The first kappa shape index (κ1) is 15.7. The first-order valence-corrected chi connectivity index (χ1v) is 7.07. The summed E-state index contributed by atoms with van der Waals surface area (Å²) in [4.78, 5) is 16.6. The van der Waals surface area contributed by atoms with Crippen molar-refractivity contribution in [3.8, 4) is 5.88 Å². The van der Waals surface area contributed by atoms with E-state index < -0.39 is 11.0 Å². The summed E-state index contributed by atoms with van der Waals surface area (Å²) in [7, 11) is 1.51. The Morgan fingerprint density at radius 3 is 2.86 bits per heavy atom. The Morgan fingerprint density at radius 2 is 2.29 bits per heavy atom. The fraction of sp³-hybridized carbons (Fsp3) is 0.600. The van der Waals surface area contributed by atoms with E-state index >= 15 is 0 Å². The number of hydrogen-bond acceptors (Lipinski definition) is 5. The molecule has 2 unspecified atom stereocenters. The minimum atomic E-state index is -0.965. The number of anilines is 1. The Balaban J connectivity index is 2.14. The number of carbonyl (C=O) groups excluding carboxylic acids is 1. The molecule has 1 aliphatic carbocycles. The van der Waals surface area contributed by atoms with Gasteiger partial charge >= 0.3 is 0 Å². The van der Waals surface area contributed by atoms with E-state index in [4.69, 9.17) is 15.2 Å². The molecule has 1 heterocycles. The second-order valence-corrected chi connectivity index (χ2v) is 5.86. The number of nitrogens with zero attached hydrogens (tertiary/aromatic N) is 1. The summed E-state index contributed by atoms with van der Waals surface area (Å²) in [5.74, 6) is 0.127. The third-order valence-corrected chi connectivity index (χ3v) is 4.45. The Kier molecular flexibility index (Phi) is 4.20. The minimum absolute atomic E-state index is 0.00551. The van der Waals surface area contributed by atoms with E-state index in [-0.39, 0.29) is 12.0 Å². The number of rotatable bonds is 5. The highest BCUT2D eigenvalue weighted by Crippen LogP contribution is 2.50. The number of aromatic nitrogens is 1. The molecule has 0 aliphatic heterocycles. The van der Waals surface area contributed by atoms with Crippen molar-refractivity contribution >= 4 is 11.6 Å². The average molecular weight is 293 g/mol. The van der Waals surface area contributed by atoms with Crippen LogP contribution in [0.25, 0.3) is 0 Å². The molecule has 2 atom stereocenters. The first-order valence-electron chi connectivity index (χ1n) is 7.07. The molecule has 0 aromatic carbocycles. The van der Waals surface area contributed by atoms with E-state index in [9.17, 15) is 4.79 Å². The van der Waals surface area contributed by atoms with E-state index in [1.54, 1.807) is 18.3 Å². The lowest BCUT2D eigenvalue weighted by Crippen LogP contribution is -2.74. The molecule has 21 heavy (non-hydrogen) atoms. The maximum absolute atomic E-state index is 12.6. The van der Waals surface area contributed by atoms with Gasteiger partial charge in [0, 0.05) is 24.6 Å². The number of ether oxygens (including phenoxy) is 2. The molecular formula is C15H23N3O3. The number of amides is 1. The van der Waals surface area contributed by atoms with Gasteiger partial charge in [0.25, 0.3) is 0 Å². The van der Waals surface area contributed by atoms with Crippen molar-refractivity contribution in [1.82, 2.24) is 4.98 Å². The summed E-state index contributed by atoms with van der Waals surface area (Å²) in [6, 6.07) is 3.47. The van der Waals surface area contributed by atoms with Gasteiger partial charge in [-0.2, -0.15) is 0 Å². The fourth-order valence-electron chi connectivity index (χ4n) is 2.70. The normalized spacial score (nSPS) is 26.8. The first-order chi connectivity index (χ1) is 9.86. The van der Waals surface area contributed by atoms with Gasteiger partial charge in [0.05, 0.1) is 13.2 Å². The summed E-state index contributed by atoms with van der Waals surface area (Å²) >= 11 is 0. The molecule has 6 nitrogen and oxygen atoms in total. The van der Waals surface area contributed by atoms with Crippen LogP contribution in [0.4, 0.5) is 5.69 Å². The predicted octanol–water partition coefficient (Wildman–Crippen LogP) is 1.56. The van der Waals surface area contributed by atoms with Crippen LogP contribution in [-0.2, 0) is 9.53 Å². The number of methoxy groups -OCH3 is 1. The van der Waals surface area contributed by atoms with Crippen LogP contribution in [-0.4, -0.2) is 36.3 Å². The summed E-state index contributed by atoms with van der Waals surface area (Å²) in [5.41, 5.74) is 5.46. The van der Waals surface area contributed by atoms with Gasteiger partial charge in [-0.05, 0) is 19.1 Å². The monoisotopic (exact) mass is 293 g/mol. The van der Waals surface area contributed by atoms with Crippen LogP contribution in [0.2, 0.25) is 0 Å². The van der Waals surface area contributed by atoms with Gasteiger partial charge in [-0.3, -0.25) is 4.79 Å². The van der Waals surface area contributed by atoms with Crippen LogP contribution >= 0.6 is 0 Å². The van der Waals surface area contributed by atoms with Gasteiger partial charge in [0.1, 0.15) is 11.2 Å². The Hall–Kier alpha value is -1.66. The summed E-state index contributed by atoms with van der Waals surface area (Å²) in [6.07, 6.45) is 2.10. The number of nitrogens with two attached hydrogens (primary N) is 1. The van der Waals surface area contributed by atoms with Crippen molar-refractivity contribution in [1.29, 1.82) is 0 Å². The third kappa shape index (κ3) is 2.49. The van der Waals surface area contributed by atoms with Crippen LogP contribution in [0.1, 0.15) is 27.2 Å². The molecule has 0 bridgehead atoms. The van der Waals surface area contributed by atoms with Crippen molar-refractivity contribution in [3.63, 3.8) is 0 Å². The van der Waals surface area contributed by atoms with Gasteiger partial charge in [0.2, 0.25) is 11.8 Å². The summed E-state index contributed by atoms with van der Waals surface area (Å²) < 4.78 is 10.8. The smallest absolute Gasteiger partial charge is 0.245 e. The fourth-order valence-corrected chi connectivity index (χ4v) is 2.70. The molecule has 1 aliphatic rings. The molecule has 0 spiro atoms. The Labute approximate surface area is 125 Å². The molecule has 0 saturated heterocycles. The Morgan fingerprint density at radius 1 is 1.57 bits per heavy atom. The Bertz CT molecular complexity index is 533. The topological polar surface area (TPSA) is 86.5 Å². The van der Waals surface area contributed by atoms with E-state index in [0.717, 1.165) is 0 Å². The zero-order valence-corrected chi connectivity index (χ0v) is 13.0. The maximum Gasteiger partial charge on any atom is 0.245 e. The molecule has 0 radical (unpaired) electrons.